The summed E-state index contributed by atoms with van der Waals surface area (Å²) in [4.78, 5) is 36.0. The van der Waals surface area contributed by atoms with E-state index in [0.29, 0.717) is 17.1 Å². The molecule has 7 heteroatoms. The number of hydrogen-bond acceptors (Lipinski definition) is 6. The quantitative estimate of drug-likeness (QED) is 0.385. The number of amides is 1. The fraction of sp³-hybridized carbons (Fsp3) is 0.321. The van der Waals surface area contributed by atoms with Crippen molar-refractivity contribution in [2.45, 2.75) is 33.2 Å². The maximum absolute atomic E-state index is 13.8. The molecule has 0 fully saturated rings. The number of carbonyl (C=O) groups excluding carboxylic acids is 2. The summed E-state index contributed by atoms with van der Waals surface area (Å²) in [5.74, 6) is -1.29. The maximum Gasteiger partial charge on any atom is 0.290 e. The number of nitrogens with zero attached hydrogens (tertiary/aromatic N) is 3. The third-order valence-corrected chi connectivity index (χ3v) is 7.66. The van der Waals surface area contributed by atoms with Gasteiger partial charge < -0.3 is 14.9 Å². The summed E-state index contributed by atoms with van der Waals surface area (Å²) in [5.41, 5.74) is 2.47. The average Bonchev–Trinajstić information content (AvgIpc) is 3.40. The van der Waals surface area contributed by atoms with Crippen LogP contribution >= 0.6 is 11.3 Å². The van der Waals surface area contributed by atoms with Gasteiger partial charge in [0.2, 0.25) is 5.78 Å². The van der Waals surface area contributed by atoms with Crippen molar-refractivity contribution in [1.29, 1.82) is 0 Å². The van der Waals surface area contributed by atoms with Crippen LogP contribution in [0.5, 0.6) is 0 Å². The molecule has 0 saturated carbocycles. The Morgan fingerprint density at radius 2 is 1.69 bits per heavy atom. The van der Waals surface area contributed by atoms with E-state index in [1.54, 1.807) is 11.8 Å². The lowest BCUT2D eigenvalue weighted by atomic mass is 9.95. The minimum absolute atomic E-state index is 0.135. The van der Waals surface area contributed by atoms with Crippen molar-refractivity contribution in [2.75, 3.05) is 26.2 Å². The molecule has 3 aromatic rings. The molecule has 1 atom stereocenters. The number of hydrogen-bond donors (Lipinski definition) is 1. The van der Waals surface area contributed by atoms with Gasteiger partial charge in [-0.15, -0.1) is 11.3 Å². The molecule has 1 unspecified atom stereocenters. The van der Waals surface area contributed by atoms with Crippen molar-refractivity contribution < 1.29 is 14.7 Å². The van der Waals surface area contributed by atoms with Crippen LogP contribution in [-0.2, 0) is 4.79 Å². The van der Waals surface area contributed by atoms with Crippen LogP contribution in [0, 0.1) is 6.92 Å². The van der Waals surface area contributed by atoms with Gasteiger partial charge in [-0.3, -0.25) is 9.59 Å². The summed E-state index contributed by atoms with van der Waals surface area (Å²) in [6, 6.07) is 18.5. The van der Waals surface area contributed by atoms with Crippen molar-refractivity contribution in [3.63, 3.8) is 0 Å². The molecule has 0 spiro atoms. The fourth-order valence-corrected chi connectivity index (χ4v) is 5.56. The molecular weight excluding hydrogens is 458 g/mol. The SMILES string of the molecule is CCN(CC)CCCN1C(=O)C(O)=C(C(=O)c2sc(-c3ccccc3)nc2C)C1c1ccccc1. The number of Topliss-reactive ketones (excluding diaryl/α,β-unsaturated/α-hetero) is 1. The standard InChI is InChI=1S/C28H31N3O3S/c1-4-30(5-2)17-12-18-31-23(20-13-8-6-9-14-20)22(25(33)28(31)34)24(32)26-19(3)29-27(35-26)21-15-10-7-11-16-21/h6-11,13-16,23,33H,4-5,12,17-18H2,1-3H3. The van der Waals surface area contributed by atoms with Gasteiger partial charge in [-0.2, -0.15) is 0 Å². The lowest BCUT2D eigenvalue weighted by Crippen LogP contribution is -2.34. The Labute approximate surface area is 210 Å². The van der Waals surface area contributed by atoms with Crippen LogP contribution in [0.15, 0.2) is 72.0 Å². The highest BCUT2D eigenvalue weighted by atomic mass is 32.1. The largest absolute Gasteiger partial charge is 0.503 e. The molecule has 1 aliphatic rings. The molecule has 1 aromatic heterocycles. The van der Waals surface area contributed by atoms with Crippen LogP contribution in [0.1, 0.15) is 47.2 Å². The van der Waals surface area contributed by atoms with Crippen molar-refractivity contribution >= 4 is 23.0 Å². The Morgan fingerprint density at radius 1 is 1.06 bits per heavy atom. The first-order valence-corrected chi connectivity index (χ1v) is 12.9. The molecule has 1 amide bonds. The number of carbonyl (C=O) groups is 2. The topological polar surface area (TPSA) is 73.7 Å². The Bertz CT molecular complexity index is 1220. The van der Waals surface area contributed by atoms with E-state index in [9.17, 15) is 14.7 Å². The van der Waals surface area contributed by atoms with Crippen LogP contribution in [-0.4, -0.2) is 57.8 Å². The first kappa shape index (κ1) is 24.8. The van der Waals surface area contributed by atoms with Crippen molar-refractivity contribution in [2.24, 2.45) is 0 Å². The molecule has 0 aliphatic carbocycles. The molecule has 182 valence electrons. The van der Waals surface area contributed by atoms with Gasteiger partial charge in [0.15, 0.2) is 5.76 Å². The van der Waals surface area contributed by atoms with E-state index in [-0.39, 0.29) is 11.4 Å². The van der Waals surface area contributed by atoms with Crippen LogP contribution in [0.25, 0.3) is 10.6 Å². The second kappa shape index (κ2) is 11.0. The zero-order chi connectivity index (χ0) is 24.9. The Morgan fingerprint density at radius 3 is 2.31 bits per heavy atom. The number of ketones is 1. The molecule has 6 nitrogen and oxygen atoms in total. The fourth-order valence-electron chi connectivity index (χ4n) is 4.54. The number of rotatable bonds is 10. The van der Waals surface area contributed by atoms with Gasteiger partial charge in [0, 0.05) is 12.1 Å². The highest BCUT2D eigenvalue weighted by Gasteiger charge is 2.44. The normalized spacial score (nSPS) is 15.9. The van der Waals surface area contributed by atoms with Crippen LogP contribution in [0.2, 0.25) is 0 Å². The average molecular weight is 490 g/mol. The molecule has 2 aromatic carbocycles. The van der Waals surface area contributed by atoms with Gasteiger partial charge in [0.05, 0.1) is 22.2 Å². The smallest absolute Gasteiger partial charge is 0.290 e. The Hall–Kier alpha value is -3.29. The highest BCUT2D eigenvalue weighted by molar-refractivity contribution is 7.17. The molecule has 0 saturated heterocycles. The van der Waals surface area contributed by atoms with Gasteiger partial charge in [-0.1, -0.05) is 74.5 Å². The second-order valence-electron chi connectivity index (χ2n) is 8.58. The van der Waals surface area contributed by atoms with Gasteiger partial charge in [0.25, 0.3) is 5.91 Å². The van der Waals surface area contributed by atoms with Gasteiger partial charge in [0.1, 0.15) is 5.01 Å². The monoisotopic (exact) mass is 489 g/mol. The number of benzene rings is 2. The van der Waals surface area contributed by atoms with Crippen LogP contribution < -0.4 is 0 Å². The van der Waals surface area contributed by atoms with E-state index in [2.05, 4.69) is 23.7 Å². The van der Waals surface area contributed by atoms with E-state index >= 15 is 0 Å². The molecule has 2 heterocycles. The number of aryl methyl sites for hydroxylation is 1. The summed E-state index contributed by atoms with van der Waals surface area (Å²) in [5, 5.41) is 11.7. The highest BCUT2D eigenvalue weighted by Crippen LogP contribution is 2.41. The van der Waals surface area contributed by atoms with E-state index in [0.717, 1.165) is 42.2 Å². The van der Waals surface area contributed by atoms with E-state index in [1.807, 2.05) is 60.7 Å². The minimum Gasteiger partial charge on any atom is -0.503 e. The van der Waals surface area contributed by atoms with Crippen LogP contribution in [0.4, 0.5) is 0 Å². The first-order chi connectivity index (χ1) is 17.0. The summed E-state index contributed by atoms with van der Waals surface area (Å²) in [7, 11) is 0. The summed E-state index contributed by atoms with van der Waals surface area (Å²) in [6.07, 6.45) is 0.753. The van der Waals surface area contributed by atoms with E-state index < -0.39 is 17.7 Å². The molecule has 35 heavy (non-hydrogen) atoms. The third-order valence-electron chi connectivity index (χ3n) is 6.45. The van der Waals surface area contributed by atoms with Crippen molar-refractivity contribution in [3.05, 3.63) is 88.1 Å². The summed E-state index contributed by atoms with van der Waals surface area (Å²) in [6.45, 7) is 9.20. The number of thiazole rings is 1. The number of aliphatic hydroxyl groups is 1. The van der Waals surface area contributed by atoms with E-state index in [1.165, 1.54) is 11.3 Å². The zero-order valence-electron chi connectivity index (χ0n) is 20.4. The molecule has 0 radical (unpaired) electrons. The summed E-state index contributed by atoms with van der Waals surface area (Å²) >= 11 is 1.29. The zero-order valence-corrected chi connectivity index (χ0v) is 21.2. The maximum atomic E-state index is 13.8. The predicted molar refractivity (Wildman–Crippen MR) is 140 cm³/mol. The van der Waals surface area contributed by atoms with E-state index in [4.69, 9.17) is 0 Å². The molecule has 4 rings (SSSR count). The van der Waals surface area contributed by atoms with Crippen molar-refractivity contribution in [1.82, 2.24) is 14.8 Å². The molecule has 0 bridgehead atoms. The molecular formula is C28H31N3O3S. The van der Waals surface area contributed by atoms with Crippen LogP contribution in [0.3, 0.4) is 0 Å². The lowest BCUT2D eigenvalue weighted by molar-refractivity contribution is -0.129. The molecule has 1 N–H and O–H groups in total. The lowest BCUT2D eigenvalue weighted by Gasteiger charge is -2.28. The first-order valence-electron chi connectivity index (χ1n) is 12.0. The predicted octanol–water partition coefficient (Wildman–Crippen LogP) is 5.43. The summed E-state index contributed by atoms with van der Waals surface area (Å²) < 4.78 is 0. The van der Waals surface area contributed by atoms with Crippen molar-refractivity contribution in [3.8, 4) is 10.6 Å². The Balaban J connectivity index is 1.68. The molecule has 1 aliphatic heterocycles. The Kier molecular flexibility index (Phi) is 7.78. The van der Waals surface area contributed by atoms with Gasteiger partial charge in [-0.25, -0.2) is 4.98 Å². The number of aliphatic hydroxyl groups excluding tert-OH is 1. The van der Waals surface area contributed by atoms with Gasteiger partial charge in [-0.05, 0) is 38.5 Å². The minimum atomic E-state index is -0.630. The number of aromatic nitrogens is 1. The third kappa shape index (κ3) is 5.06. The van der Waals surface area contributed by atoms with Gasteiger partial charge >= 0.3 is 0 Å². The second-order valence-corrected chi connectivity index (χ2v) is 9.58.